The summed E-state index contributed by atoms with van der Waals surface area (Å²) >= 11 is 0. The third kappa shape index (κ3) is 4.36. The van der Waals surface area contributed by atoms with Gasteiger partial charge in [-0.1, -0.05) is 56.3 Å². The van der Waals surface area contributed by atoms with Gasteiger partial charge in [-0.05, 0) is 30.0 Å². The third-order valence-electron chi connectivity index (χ3n) is 4.39. The van der Waals surface area contributed by atoms with Crippen molar-refractivity contribution < 1.29 is 13.2 Å². The zero-order chi connectivity index (χ0) is 19.4. The number of hydrogen-bond donors (Lipinski definition) is 2. The van der Waals surface area contributed by atoms with Crippen LogP contribution in [0.1, 0.15) is 25.0 Å². The lowest BCUT2D eigenvalue weighted by molar-refractivity contribution is -0.123. The Bertz CT molecular complexity index is 953. The van der Waals surface area contributed by atoms with Crippen LogP contribution in [0.15, 0.2) is 64.5 Å². The lowest BCUT2D eigenvalue weighted by Crippen LogP contribution is -2.39. The van der Waals surface area contributed by atoms with Crippen LogP contribution < -0.4 is 10.0 Å². The molecule has 0 fully saturated rings. The molecule has 0 saturated carbocycles. The summed E-state index contributed by atoms with van der Waals surface area (Å²) in [5, 5.41) is 2.91. The second-order valence-corrected chi connectivity index (χ2v) is 8.45. The van der Waals surface area contributed by atoms with Crippen molar-refractivity contribution in [3.63, 3.8) is 0 Å². The van der Waals surface area contributed by atoms with Gasteiger partial charge in [0.15, 0.2) is 0 Å². The Kier molecular flexibility index (Phi) is 5.60. The van der Waals surface area contributed by atoms with E-state index in [2.05, 4.69) is 15.0 Å². The summed E-state index contributed by atoms with van der Waals surface area (Å²) in [6.45, 7) is 4.28. The van der Waals surface area contributed by atoms with Crippen LogP contribution in [-0.2, 0) is 21.2 Å². The Labute approximate surface area is 159 Å². The average Bonchev–Trinajstić information content (AvgIpc) is 2.91. The van der Waals surface area contributed by atoms with Crippen LogP contribution in [-0.4, -0.2) is 32.7 Å². The molecule has 0 radical (unpaired) electrons. The van der Waals surface area contributed by atoms with Crippen LogP contribution in [0.3, 0.4) is 0 Å². The normalized spacial score (nSPS) is 17.4. The van der Waals surface area contributed by atoms with Crippen molar-refractivity contribution in [2.45, 2.75) is 31.2 Å². The van der Waals surface area contributed by atoms with E-state index in [0.717, 1.165) is 12.0 Å². The molecule has 0 aliphatic carbocycles. The summed E-state index contributed by atoms with van der Waals surface area (Å²) < 4.78 is 26.9. The monoisotopic (exact) mass is 385 g/mol. The predicted octanol–water partition coefficient (Wildman–Crippen LogP) is 2.11. The fourth-order valence-electron chi connectivity index (χ4n) is 2.96. The van der Waals surface area contributed by atoms with Gasteiger partial charge in [0, 0.05) is 12.1 Å². The van der Waals surface area contributed by atoms with Crippen molar-refractivity contribution in [3.05, 3.63) is 65.7 Å². The lowest BCUT2D eigenvalue weighted by atomic mass is 10.0. The topological polar surface area (TPSA) is 87.6 Å². The fraction of sp³-hybridized carbons (Fsp3) is 0.300. The number of benzene rings is 2. The van der Waals surface area contributed by atoms with Gasteiger partial charge in [-0.25, -0.2) is 8.42 Å². The van der Waals surface area contributed by atoms with Crippen LogP contribution in [0, 0.1) is 5.92 Å². The molecule has 0 aromatic heterocycles. The summed E-state index contributed by atoms with van der Waals surface area (Å²) in [5.41, 5.74) is 1.64. The number of nitrogens with zero attached hydrogens (tertiary/aromatic N) is 1. The van der Waals surface area contributed by atoms with Gasteiger partial charge in [0.2, 0.25) is 5.91 Å². The minimum Gasteiger partial charge on any atom is -0.354 e. The molecule has 0 unspecified atom stereocenters. The molecule has 1 aliphatic rings. The zero-order valence-electron chi connectivity index (χ0n) is 15.3. The van der Waals surface area contributed by atoms with Crippen LogP contribution in [0.5, 0.6) is 0 Å². The van der Waals surface area contributed by atoms with E-state index in [1.807, 2.05) is 44.2 Å². The number of carbonyl (C=O) groups excluding carboxylic acids is 1. The maximum atomic E-state index is 12.6. The number of rotatable bonds is 6. The average molecular weight is 385 g/mol. The Morgan fingerprint density at radius 1 is 1.07 bits per heavy atom. The first-order valence-corrected chi connectivity index (χ1v) is 10.4. The molecular formula is C20H23N3O3S. The number of sulfonamides is 1. The molecule has 0 spiro atoms. The van der Waals surface area contributed by atoms with Crippen molar-refractivity contribution in [2.24, 2.45) is 10.9 Å². The van der Waals surface area contributed by atoms with Crippen molar-refractivity contribution >= 4 is 21.8 Å². The number of carbonyl (C=O) groups is 1. The van der Waals surface area contributed by atoms with E-state index in [1.54, 1.807) is 18.2 Å². The third-order valence-corrected chi connectivity index (χ3v) is 5.78. The van der Waals surface area contributed by atoms with E-state index in [4.69, 9.17) is 0 Å². The van der Waals surface area contributed by atoms with Gasteiger partial charge in [0.25, 0.3) is 10.0 Å². The molecule has 2 aromatic rings. The van der Waals surface area contributed by atoms with Crippen molar-refractivity contribution in [3.8, 4) is 0 Å². The SMILES string of the molecule is CC(C)[C@H](N=C1NS(=O)(=O)c2ccccc21)C(=O)NCCc1ccccc1. The van der Waals surface area contributed by atoms with E-state index >= 15 is 0 Å². The number of hydrogen-bond acceptors (Lipinski definition) is 4. The van der Waals surface area contributed by atoms with Gasteiger partial charge >= 0.3 is 0 Å². The van der Waals surface area contributed by atoms with Gasteiger partial charge in [-0.15, -0.1) is 0 Å². The van der Waals surface area contributed by atoms with E-state index in [0.29, 0.717) is 12.1 Å². The predicted molar refractivity (Wildman–Crippen MR) is 105 cm³/mol. The van der Waals surface area contributed by atoms with Gasteiger partial charge < -0.3 is 5.32 Å². The molecule has 2 aromatic carbocycles. The van der Waals surface area contributed by atoms with E-state index in [9.17, 15) is 13.2 Å². The first-order chi connectivity index (χ1) is 12.9. The van der Waals surface area contributed by atoms with Crippen molar-refractivity contribution in [1.29, 1.82) is 0 Å². The van der Waals surface area contributed by atoms with Crippen LogP contribution in [0.4, 0.5) is 0 Å². The molecule has 3 rings (SSSR count). The number of aliphatic imine (C=N–C) groups is 1. The number of nitrogens with one attached hydrogen (secondary N) is 2. The molecule has 27 heavy (non-hydrogen) atoms. The highest BCUT2D eigenvalue weighted by Crippen LogP contribution is 2.23. The molecule has 1 heterocycles. The zero-order valence-corrected chi connectivity index (χ0v) is 16.2. The maximum absolute atomic E-state index is 12.6. The second-order valence-electron chi connectivity index (χ2n) is 6.79. The minimum absolute atomic E-state index is 0.0773. The van der Waals surface area contributed by atoms with Crippen molar-refractivity contribution in [1.82, 2.24) is 10.0 Å². The summed E-state index contributed by atoms with van der Waals surface area (Å²) in [6, 6.07) is 15.9. The maximum Gasteiger partial charge on any atom is 0.263 e. The first-order valence-electron chi connectivity index (χ1n) is 8.90. The molecule has 0 saturated heterocycles. The molecule has 1 amide bonds. The summed E-state index contributed by atoms with van der Waals surface area (Å²) in [4.78, 5) is 17.3. The molecule has 7 heteroatoms. The fourth-order valence-corrected chi connectivity index (χ4v) is 4.20. The molecule has 142 valence electrons. The largest absolute Gasteiger partial charge is 0.354 e. The van der Waals surface area contributed by atoms with E-state index in [1.165, 1.54) is 6.07 Å². The van der Waals surface area contributed by atoms with Gasteiger partial charge in [0.1, 0.15) is 11.9 Å². The van der Waals surface area contributed by atoms with E-state index in [-0.39, 0.29) is 22.6 Å². The number of amides is 1. The van der Waals surface area contributed by atoms with Crippen LogP contribution in [0.2, 0.25) is 0 Å². The first kappa shape index (κ1) is 19.1. The highest BCUT2D eigenvalue weighted by atomic mass is 32.2. The van der Waals surface area contributed by atoms with E-state index < -0.39 is 16.1 Å². The molecule has 1 atom stereocenters. The highest BCUT2D eigenvalue weighted by Gasteiger charge is 2.32. The minimum atomic E-state index is -3.62. The number of fused-ring (bicyclic) bond motifs is 1. The summed E-state index contributed by atoms with van der Waals surface area (Å²) in [6.07, 6.45) is 0.726. The summed E-state index contributed by atoms with van der Waals surface area (Å²) in [7, 11) is -3.62. The van der Waals surface area contributed by atoms with Crippen molar-refractivity contribution in [2.75, 3.05) is 6.54 Å². The van der Waals surface area contributed by atoms with Gasteiger partial charge in [0.05, 0.1) is 4.90 Å². The highest BCUT2D eigenvalue weighted by molar-refractivity contribution is 7.90. The molecule has 6 nitrogen and oxygen atoms in total. The Morgan fingerprint density at radius 3 is 2.44 bits per heavy atom. The van der Waals surface area contributed by atoms with Gasteiger partial charge in [-0.2, -0.15) is 0 Å². The van der Waals surface area contributed by atoms with Crippen LogP contribution >= 0.6 is 0 Å². The number of amidine groups is 1. The molecule has 2 N–H and O–H groups in total. The standard InChI is InChI=1S/C20H23N3O3S/c1-14(2)18(20(24)21-13-12-15-8-4-3-5-9-15)22-19-16-10-6-7-11-17(16)27(25,26)23-19/h3-11,14,18H,12-13H2,1-2H3,(H,21,24)(H,22,23)/t18-/m0/s1. The molecule has 1 aliphatic heterocycles. The summed E-state index contributed by atoms with van der Waals surface area (Å²) in [5.74, 6) is -0.0639. The Hall–Kier alpha value is -2.67. The molecule has 0 bridgehead atoms. The van der Waals surface area contributed by atoms with Crippen LogP contribution in [0.25, 0.3) is 0 Å². The van der Waals surface area contributed by atoms with Gasteiger partial charge in [-0.3, -0.25) is 14.5 Å². The smallest absolute Gasteiger partial charge is 0.263 e. The lowest BCUT2D eigenvalue weighted by Gasteiger charge is -2.17. The quantitative estimate of drug-likeness (QED) is 0.798. The Balaban J connectivity index is 1.74. The second kappa shape index (κ2) is 7.92. The Morgan fingerprint density at radius 2 is 1.74 bits per heavy atom. The molecular weight excluding hydrogens is 362 g/mol.